The van der Waals surface area contributed by atoms with Gasteiger partial charge in [-0.3, -0.25) is 14.5 Å². The highest BCUT2D eigenvalue weighted by molar-refractivity contribution is 9.09. The third-order valence-corrected chi connectivity index (χ3v) is 6.11. The Morgan fingerprint density at radius 2 is 1.93 bits per heavy atom. The molecule has 1 atom stereocenters. The fraction of sp³-hybridized carbons (Fsp3) is 0.350. The Morgan fingerprint density at radius 3 is 2.57 bits per heavy atom. The molecule has 1 aliphatic rings. The number of nitrogens with zero attached hydrogens (tertiary/aromatic N) is 1. The van der Waals surface area contributed by atoms with E-state index >= 15 is 0 Å². The average Bonchev–Trinajstić information content (AvgIpc) is 3.26. The molecule has 148 valence electrons. The van der Waals surface area contributed by atoms with Crippen LogP contribution in [0.2, 0.25) is 4.34 Å². The van der Waals surface area contributed by atoms with Crippen molar-refractivity contribution >= 4 is 62.2 Å². The Morgan fingerprint density at radius 1 is 1.18 bits per heavy atom. The van der Waals surface area contributed by atoms with Gasteiger partial charge in [0.25, 0.3) is 0 Å². The molecule has 1 fully saturated rings. The number of hydrogen-bond donors (Lipinski definition) is 0. The molecule has 0 aliphatic carbocycles. The molecular formula is C20H19BrClNO4S. The Balaban J connectivity index is 1.54. The highest BCUT2D eigenvalue weighted by Crippen LogP contribution is 2.26. The van der Waals surface area contributed by atoms with E-state index in [1.807, 2.05) is 24.3 Å². The van der Waals surface area contributed by atoms with Crippen molar-refractivity contribution in [1.29, 1.82) is 0 Å². The lowest BCUT2D eigenvalue weighted by Crippen LogP contribution is -2.24. The number of benzene rings is 1. The van der Waals surface area contributed by atoms with Gasteiger partial charge in [0, 0.05) is 30.3 Å². The van der Waals surface area contributed by atoms with Gasteiger partial charge in [-0.1, -0.05) is 39.7 Å². The van der Waals surface area contributed by atoms with Crippen LogP contribution in [0.3, 0.4) is 0 Å². The third kappa shape index (κ3) is 5.43. The lowest BCUT2D eigenvalue weighted by atomic mass is 10.1. The fourth-order valence-electron chi connectivity index (χ4n) is 2.98. The number of Topliss-reactive ketones (excluding diaryl/α,β-unsaturated/α-hetero) is 2. The number of alkyl halides is 1. The lowest BCUT2D eigenvalue weighted by molar-refractivity contribution is -0.118. The van der Waals surface area contributed by atoms with Crippen LogP contribution in [0, 0.1) is 0 Å². The largest absolute Gasteiger partial charge is 0.444 e. The van der Waals surface area contributed by atoms with E-state index in [9.17, 15) is 14.4 Å². The molecule has 0 bridgehead atoms. The highest BCUT2D eigenvalue weighted by Gasteiger charge is 2.32. The predicted octanol–water partition coefficient (Wildman–Crippen LogP) is 5.29. The maximum Gasteiger partial charge on any atom is 0.414 e. The van der Waals surface area contributed by atoms with Gasteiger partial charge in [-0.25, -0.2) is 4.79 Å². The van der Waals surface area contributed by atoms with Crippen LogP contribution in [0.25, 0.3) is 0 Å². The molecule has 1 aliphatic heterocycles. The van der Waals surface area contributed by atoms with Crippen LogP contribution in [-0.2, 0) is 16.0 Å². The van der Waals surface area contributed by atoms with Crippen molar-refractivity contribution in [3.05, 3.63) is 51.2 Å². The number of hydrogen-bond acceptors (Lipinski definition) is 5. The second kappa shape index (κ2) is 9.67. The standard InChI is InChI=1S/C20H19BrClNO4S/c21-10-9-15(24)11-13-1-3-14(4-2-13)23-12-16(27-20(23)26)5-6-17(25)18-7-8-19(22)28-18/h1-4,7-8,16H,5-6,9-12H2/t16-/m0/s1. The van der Waals surface area contributed by atoms with Gasteiger partial charge in [0.15, 0.2) is 5.78 Å². The molecule has 5 nitrogen and oxygen atoms in total. The summed E-state index contributed by atoms with van der Waals surface area (Å²) in [4.78, 5) is 38.3. The highest BCUT2D eigenvalue weighted by atomic mass is 79.9. The van der Waals surface area contributed by atoms with Gasteiger partial charge in [0.05, 0.1) is 15.8 Å². The number of carbonyl (C=O) groups is 3. The second-order valence-corrected chi connectivity index (χ2v) is 9.01. The van der Waals surface area contributed by atoms with Gasteiger partial charge in [-0.15, -0.1) is 11.3 Å². The monoisotopic (exact) mass is 483 g/mol. The van der Waals surface area contributed by atoms with Crippen molar-refractivity contribution in [3.8, 4) is 0 Å². The number of cyclic esters (lactones) is 1. The molecule has 2 aromatic rings. The summed E-state index contributed by atoms with van der Waals surface area (Å²) in [6, 6.07) is 10.8. The first-order valence-electron chi connectivity index (χ1n) is 8.89. The molecule has 8 heteroatoms. The summed E-state index contributed by atoms with van der Waals surface area (Å²) >= 11 is 10.4. The molecule has 1 aromatic heterocycles. The number of amides is 1. The molecule has 1 aromatic carbocycles. The van der Waals surface area contributed by atoms with Gasteiger partial charge in [-0.05, 0) is 36.2 Å². The zero-order valence-electron chi connectivity index (χ0n) is 15.0. The number of thiophene rings is 1. The summed E-state index contributed by atoms with van der Waals surface area (Å²) in [7, 11) is 0. The number of anilines is 1. The zero-order valence-corrected chi connectivity index (χ0v) is 18.2. The summed E-state index contributed by atoms with van der Waals surface area (Å²) in [5.41, 5.74) is 1.64. The second-order valence-electron chi connectivity index (χ2n) is 6.50. The van der Waals surface area contributed by atoms with Crippen molar-refractivity contribution < 1.29 is 19.1 Å². The maximum atomic E-state index is 12.2. The molecule has 3 rings (SSSR count). The average molecular weight is 485 g/mol. The Bertz CT molecular complexity index is 867. The smallest absolute Gasteiger partial charge is 0.414 e. The van der Waals surface area contributed by atoms with E-state index < -0.39 is 6.09 Å². The van der Waals surface area contributed by atoms with Crippen LogP contribution in [0.1, 0.15) is 34.5 Å². The molecule has 2 heterocycles. The van der Waals surface area contributed by atoms with E-state index in [0.717, 1.165) is 11.3 Å². The van der Waals surface area contributed by atoms with E-state index in [1.54, 1.807) is 17.0 Å². The molecule has 0 spiro atoms. The van der Waals surface area contributed by atoms with Crippen LogP contribution in [0.5, 0.6) is 0 Å². The number of carbonyl (C=O) groups excluding carboxylic acids is 3. The van der Waals surface area contributed by atoms with Gasteiger partial charge < -0.3 is 4.74 Å². The minimum absolute atomic E-state index is 0.00361. The molecular weight excluding hydrogens is 466 g/mol. The van der Waals surface area contributed by atoms with Gasteiger partial charge in [-0.2, -0.15) is 0 Å². The topological polar surface area (TPSA) is 63.7 Å². The summed E-state index contributed by atoms with van der Waals surface area (Å²) in [5.74, 6) is 0.172. The van der Waals surface area contributed by atoms with Crippen LogP contribution in [0.4, 0.5) is 10.5 Å². The van der Waals surface area contributed by atoms with E-state index in [0.29, 0.717) is 46.8 Å². The Hall–Kier alpha value is -1.70. The Kier molecular flexibility index (Phi) is 7.26. The molecule has 28 heavy (non-hydrogen) atoms. The molecule has 0 unspecified atom stereocenters. The minimum atomic E-state index is -0.417. The van der Waals surface area contributed by atoms with Crippen LogP contribution in [0.15, 0.2) is 36.4 Å². The van der Waals surface area contributed by atoms with Gasteiger partial charge in [0.2, 0.25) is 0 Å². The lowest BCUT2D eigenvalue weighted by Gasteiger charge is -2.13. The fourth-order valence-corrected chi connectivity index (χ4v) is 4.43. The van der Waals surface area contributed by atoms with E-state index in [2.05, 4.69) is 15.9 Å². The van der Waals surface area contributed by atoms with Crippen LogP contribution >= 0.6 is 38.9 Å². The summed E-state index contributed by atoms with van der Waals surface area (Å²) in [6.45, 7) is 0.402. The predicted molar refractivity (Wildman–Crippen MR) is 114 cm³/mol. The van der Waals surface area contributed by atoms with Gasteiger partial charge in [0.1, 0.15) is 11.9 Å². The number of rotatable bonds is 9. The summed E-state index contributed by atoms with van der Waals surface area (Å²) < 4.78 is 5.98. The molecule has 1 amide bonds. The van der Waals surface area contributed by atoms with Gasteiger partial charge >= 0.3 is 6.09 Å². The summed E-state index contributed by atoms with van der Waals surface area (Å²) in [5, 5.41) is 0.660. The first-order chi connectivity index (χ1) is 13.5. The molecule has 0 saturated carbocycles. The van der Waals surface area contributed by atoms with Crippen molar-refractivity contribution in [2.75, 3.05) is 16.8 Å². The first kappa shape index (κ1) is 21.0. The SMILES string of the molecule is O=C(CCBr)Cc1ccc(N2C[C@H](CCC(=O)c3ccc(Cl)s3)OC2=O)cc1. The molecule has 1 saturated heterocycles. The molecule has 0 N–H and O–H groups in total. The number of ether oxygens (including phenoxy) is 1. The van der Waals surface area contributed by atoms with E-state index in [4.69, 9.17) is 16.3 Å². The van der Waals surface area contributed by atoms with E-state index in [-0.39, 0.29) is 17.7 Å². The third-order valence-electron chi connectivity index (χ3n) is 4.44. The molecule has 0 radical (unpaired) electrons. The summed E-state index contributed by atoms with van der Waals surface area (Å²) in [6.07, 6.45) is 0.908. The maximum absolute atomic E-state index is 12.2. The Labute approximate surface area is 180 Å². The van der Waals surface area contributed by atoms with Crippen LogP contribution < -0.4 is 4.90 Å². The minimum Gasteiger partial charge on any atom is -0.444 e. The van der Waals surface area contributed by atoms with Crippen molar-refractivity contribution in [1.82, 2.24) is 0 Å². The van der Waals surface area contributed by atoms with Crippen molar-refractivity contribution in [3.63, 3.8) is 0 Å². The normalized spacial score (nSPS) is 16.3. The number of ketones is 2. The number of halogens is 2. The van der Waals surface area contributed by atoms with E-state index in [1.165, 1.54) is 11.3 Å². The zero-order chi connectivity index (χ0) is 20.1. The van der Waals surface area contributed by atoms with Crippen molar-refractivity contribution in [2.24, 2.45) is 0 Å². The van der Waals surface area contributed by atoms with Crippen molar-refractivity contribution in [2.45, 2.75) is 31.8 Å². The first-order valence-corrected chi connectivity index (χ1v) is 11.2. The quantitative estimate of drug-likeness (QED) is 0.358. The van der Waals surface area contributed by atoms with Crippen LogP contribution in [-0.4, -0.2) is 35.6 Å².